The Kier molecular flexibility index (Phi) is 5.32. The first-order chi connectivity index (χ1) is 13.2. The van der Waals surface area contributed by atoms with Crippen LogP contribution in [0.25, 0.3) is 0 Å². The molecule has 1 unspecified atom stereocenters. The summed E-state index contributed by atoms with van der Waals surface area (Å²) >= 11 is 0. The molecule has 0 N–H and O–H groups in total. The minimum Gasteiger partial charge on any atom is -0.459 e. The number of benzene rings is 1. The molecule has 1 aromatic carbocycles. The molecule has 0 radical (unpaired) electrons. The monoisotopic (exact) mass is 368 g/mol. The van der Waals surface area contributed by atoms with Crippen molar-refractivity contribution >= 4 is 5.91 Å². The van der Waals surface area contributed by atoms with Crippen LogP contribution in [0.4, 0.5) is 0 Å². The third-order valence-electron chi connectivity index (χ3n) is 6.06. The molecule has 1 aromatic heterocycles. The number of carbonyl (C=O) groups is 1. The summed E-state index contributed by atoms with van der Waals surface area (Å²) in [6.07, 6.45) is 5.46. The lowest BCUT2D eigenvalue weighted by Gasteiger charge is -2.47. The molecule has 2 aromatic rings. The van der Waals surface area contributed by atoms with Gasteiger partial charge in [-0.3, -0.25) is 9.69 Å². The van der Waals surface area contributed by atoms with Gasteiger partial charge >= 0.3 is 0 Å². The number of likely N-dealkylation sites (tertiary alicyclic amines) is 1. The maximum absolute atomic E-state index is 12.5. The van der Waals surface area contributed by atoms with Crippen LogP contribution in [0, 0.1) is 0 Å². The molecule has 27 heavy (non-hydrogen) atoms. The maximum Gasteiger partial charge on any atom is 0.289 e. The summed E-state index contributed by atoms with van der Waals surface area (Å²) in [5.74, 6) is 0.416. The standard InChI is InChI=1S/C22H28N2O3/c1-23(17-18-6-3-2-4-7-18)19-9-15-27-22(16-19)10-12-24(13-11-22)21(25)20-8-5-14-26-20/h2-8,14,19H,9-13,15-17H2,1H3. The minimum absolute atomic E-state index is 0.0107. The van der Waals surface area contributed by atoms with E-state index in [-0.39, 0.29) is 11.5 Å². The molecule has 2 aliphatic heterocycles. The van der Waals surface area contributed by atoms with Crippen LogP contribution < -0.4 is 0 Å². The molecule has 5 heteroatoms. The highest BCUT2D eigenvalue weighted by Gasteiger charge is 2.42. The van der Waals surface area contributed by atoms with Crippen molar-refractivity contribution in [3.63, 3.8) is 0 Å². The van der Waals surface area contributed by atoms with Crippen LogP contribution in [-0.2, 0) is 11.3 Å². The second-order valence-corrected chi connectivity index (χ2v) is 7.85. The molecular weight excluding hydrogens is 340 g/mol. The number of rotatable bonds is 4. The van der Waals surface area contributed by atoms with Gasteiger partial charge in [-0.15, -0.1) is 0 Å². The van der Waals surface area contributed by atoms with Gasteiger partial charge in [-0.05, 0) is 50.4 Å². The Morgan fingerprint density at radius 3 is 2.67 bits per heavy atom. The van der Waals surface area contributed by atoms with Crippen LogP contribution in [0.1, 0.15) is 41.8 Å². The summed E-state index contributed by atoms with van der Waals surface area (Å²) < 4.78 is 11.5. The number of furan rings is 1. The van der Waals surface area contributed by atoms with Crippen LogP contribution in [0.3, 0.4) is 0 Å². The van der Waals surface area contributed by atoms with Crippen molar-refractivity contribution in [2.24, 2.45) is 0 Å². The number of ether oxygens (including phenoxy) is 1. The number of carbonyl (C=O) groups excluding carboxylic acids is 1. The molecule has 0 saturated carbocycles. The van der Waals surface area contributed by atoms with E-state index >= 15 is 0 Å². The van der Waals surface area contributed by atoms with Crippen molar-refractivity contribution in [3.8, 4) is 0 Å². The van der Waals surface area contributed by atoms with Crippen molar-refractivity contribution < 1.29 is 13.9 Å². The first-order valence-corrected chi connectivity index (χ1v) is 9.86. The van der Waals surface area contributed by atoms with Crippen molar-refractivity contribution in [2.45, 2.75) is 43.9 Å². The number of amides is 1. The lowest BCUT2D eigenvalue weighted by molar-refractivity contribution is -0.128. The average Bonchev–Trinajstić information content (AvgIpc) is 3.24. The fraction of sp³-hybridized carbons (Fsp3) is 0.500. The van der Waals surface area contributed by atoms with E-state index in [2.05, 4.69) is 42.3 Å². The van der Waals surface area contributed by atoms with Gasteiger partial charge < -0.3 is 14.1 Å². The van der Waals surface area contributed by atoms with E-state index in [1.807, 2.05) is 4.90 Å². The zero-order valence-corrected chi connectivity index (χ0v) is 16.0. The normalized spacial score (nSPS) is 22.3. The van der Waals surface area contributed by atoms with E-state index in [1.54, 1.807) is 18.4 Å². The zero-order valence-electron chi connectivity index (χ0n) is 16.0. The fourth-order valence-electron chi connectivity index (χ4n) is 4.40. The third kappa shape index (κ3) is 4.09. The molecule has 4 rings (SSSR count). The van der Waals surface area contributed by atoms with E-state index in [1.165, 1.54) is 5.56 Å². The summed E-state index contributed by atoms with van der Waals surface area (Å²) in [6.45, 7) is 3.23. The molecule has 2 aliphatic rings. The molecule has 3 heterocycles. The lowest BCUT2D eigenvalue weighted by Crippen LogP contribution is -2.54. The Balaban J connectivity index is 1.35. The summed E-state index contributed by atoms with van der Waals surface area (Å²) in [4.78, 5) is 16.8. The molecule has 0 bridgehead atoms. The van der Waals surface area contributed by atoms with E-state index in [0.29, 0.717) is 11.8 Å². The zero-order chi connectivity index (χ0) is 18.7. The van der Waals surface area contributed by atoms with Gasteiger partial charge in [0.15, 0.2) is 5.76 Å². The summed E-state index contributed by atoms with van der Waals surface area (Å²) in [5, 5.41) is 0. The highest BCUT2D eigenvalue weighted by Crippen LogP contribution is 2.37. The van der Waals surface area contributed by atoms with Crippen LogP contribution in [0.15, 0.2) is 53.1 Å². The Bertz CT molecular complexity index is 736. The number of hydrogen-bond donors (Lipinski definition) is 0. The Morgan fingerprint density at radius 2 is 1.96 bits per heavy atom. The SMILES string of the molecule is CN(Cc1ccccc1)C1CCOC2(CCN(C(=O)c3ccco3)CC2)C1. The van der Waals surface area contributed by atoms with E-state index in [9.17, 15) is 4.79 Å². The second kappa shape index (κ2) is 7.87. The highest BCUT2D eigenvalue weighted by atomic mass is 16.5. The van der Waals surface area contributed by atoms with Gasteiger partial charge in [0.25, 0.3) is 5.91 Å². The molecular formula is C22H28N2O3. The summed E-state index contributed by atoms with van der Waals surface area (Å²) in [5.41, 5.74) is 1.26. The molecule has 1 spiro atoms. The van der Waals surface area contributed by atoms with Gasteiger partial charge in [0.05, 0.1) is 11.9 Å². The van der Waals surface area contributed by atoms with Crippen LogP contribution in [-0.4, -0.2) is 54.1 Å². The average molecular weight is 368 g/mol. The van der Waals surface area contributed by atoms with Gasteiger partial charge in [-0.25, -0.2) is 0 Å². The molecule has 2 fully saturated rings. The van der Waals surface area contributed by atoms with Crippen LogP contribution >= 0.6 is 0 Å². The number of hydrogen-bond acceptors (Lipinski definition) is 4. The molecule has 5 nitrogen and oxygen atoms in total. The quantitative estimate of drug-likeness (QED) is 0.828. The van der Waals surface area contributed by atoms with Gasteiger partial charge in [0, 0.05) is 32.3 Å². The predicted octanol–water partition coefficient (Wildman–Crippen LogP) is 3.57. The molecule has 1 amide bonds. The van der Waals surface area contributed by atoms with E-state index in [4.69, 9.17) is 9.15 Å². The fourth-order valence-corrected chi connectivity index (χ4v) is 4.40. The van der Waals surface area contributed by atoms with Gasteiger partial charge in [0.2, 0.25) is 0 Å². The van der Waals surface area contributed by atoms with Gasteiger partial charge in [-0.2, -0.15) is 0 Å². The first kappa shape index (κ1) is 18.3. The molecule has 0 aliphatic carbocycles. The van der Waals surface area contributed by atoms with Crippen molar-refractivity contribution in [2.75, 3.05) is 26.7 Å². The predicted molar refractivity (Wildman–Crippen MR) is 103 cm³/mol. The van der Waals surface area contributed by atoms with Gasteiger partial charge in [-0.1, -0.05) is 30.3 Å². The van der Waals surface area contributed by atoms with Crippen molar-refractivity contribution in [1.29, 1.82) is 0 Å². The first-order valence-electron chi connectivity index (χ1n) is 9.86. The smallest absolute Gasteiger partial charge is 0.289 e. The molecule has 144 valence electrons. The number of piperidine rings is 1. The van der Waals surface area contributed by atoms with Gasteiger partial charge in [0.1, 0.15) is 0 Å². The summed E-state index contributed by atoms with van der Waals surface area (Å²) in [7, 11) is 2.21. The molecule has 2 saturated heterocycles. The minimum atomic E-state index is -0.0895. The van der Waals surface area contributed by atoms with Crippen LogP contribution in [0.5, 0.6) is 0 Å². The number of nitrogens with zero attached hydrogens (tertiary/aromatic N) is 2. The summed E-state index contributed by atoms with van der Waals surface area (Å²) in [6, 6.07) is 14.6. The van der Waals surface area contributed by atoms with E-state index < -0.39 is 0 Å². The topological polar surface area (TPSA) is 45.9 Å². The lowest BCUT2D eigenvalue weighted by atomic mass is 9.81. The Morgan fingerprint density at radius 1 is 1.19 bits per heavy atom. The largest absolute Gasteiger partial charge is 0.459 e. The van der Waals surface area contributed by atoms with Crippen molar-refractivity contribution in [1.82, 2.24) is 9.80 Å². The van der Waals surface area contributed by atoms with Crippen LogP contribution in [0.2, 0.25) is 0 Å². The Labute approximate surface area is 160 Å². The third-order valence-corrected chi connectivity index (χ3v) is 6.06. The Hall–Kier alpha value is -2.11. The molecule has 1 atom stereocenters. The van der Waals surface area contributed by atoms with E-state index in [0.717, 1.165) is 51.9 Å². The van der Waals surface area contributed by atoms with Crippen molar-refractivity contribution in [3.05, 3.63) is 60.1 Å². The highest BCUT2D eigenvalue weighted by molar-refractivity contribution is 5.91. The maximum atomic E-state index is 12.5. The second-order valence-electron chi connectivity index (χ2n) is 7.85.